The first-order valence-electron chi connectivity index (χ1n) is 20.5. The zero-order valence-corrected chi connectivity index (χ0v) is 35.4. The number of hydrogen-bond acceptors (Lipinski definition) is 14. The number of ether oxygens (including phenoxy) is 11. The summed E-state index contributed by atoms with van der Waals surface area (Å²) in [5, 5.41) is 4.09. The van der Waals surface area contributed by atoms with Crippen LogP contribution in [-0.2, 0) is 83.4 Å². The molecule has 2 saturated heterocycles. The third kappa shape index (κ3) is 13.2. The summed E-state index contributed by atoms with van der Waals surface area (Å²) in [6.07, 6.45) is -9.63. The van der Waals surface area contributed by atoms with Gasteiger partial charge in [-0.05, 0) is 39.9 Å². The summed E-state index contributed by atoms with van der Waals surface area (Å²) in [5.74, 6) is -0.850. The summed E-state index contributed by atoms with van der Waals surface area (Å²) < 4.78 is 68.4. The average Bonchev–Trinajstić information content (AvgIpc) is 3.31. The number of esters is 2. The molecule has 0 spiro atoms. The summed E-state index contributed by atoms with van der Waals surface area (Å²) in [7, 11) is 2.79. The van der Waals surface area contributed by atoms with Gasteiger partial charge in [0.15, 0.2) is 24.8 Å². The number of rotatable bonds is 22. The van der Waals surface area contributed by atoms with E-state index in [2.05, 4.69) is 16.6 Å². The Morgan fingerprint density at radius 2 is 1.24 bits per heavy atom. The standard InChI is InChI=1S/C47H53N3O13/c1-5-25-56-46-38(49-50-48)40(57-27-33-17-11-7-12-18-33)39(37(61-46)30-55-26-32-15-9-6-10-16-32)62-47-44(60-31(2)51)42(59-28-34-19-13-8-14-20-34)41(43(63-47)45(52)54-4)58-29-35-21-23-36(53-3)24-22-35/h5-24,37-44,46-47H,1,25-30H2,2-4H3/t37-,38-,39-,40-,41-,42-,43-,44+,46+,47-/m1/s1. The lowest BCUT2D eigenvalue weighted by Gasteiger charge is -2.49. The molecule has 16 nitrogen and oxygen atoms in total. The van der Waals surface area contributed by atoms with Gasteiger partial charge >= 0.3 is 11.9 Å². The van der Waals surface area contributed by atoms with Gasteiger partial charge in [-0.15, -0.1) is 6.58 Å². The van der Waals surface area contributed by atoms with Crippen LogP contribution in [0.1, 0.15) is 29.2 Å². The molecule has 6 rings (SSSR count). The second-order valence-electron chi connectivity index (χ2n) is 14.6. The van der Waals surface area contributed by atoms with E-state index in [1.165, 1.54) is 20.1 Å². The predicted octanol–water partition coefficient (Wildman–Crippen LogP) is 6.79. The third-order valence-electron chi connectivity index (χ3n) is 10.3. The Morgan fingerprint density at radius 1 is 0.683 bits per heavy atom. The number of carbonyl (C=O) groups is 2. The molecule has 0 saturated carbocycles. The van der Waals surface area contributed by atoms with Crippen molar-refractivity contribution in [2.24, 2.45) is 5.11 Å². The van der Waals surface area contributed by atoms with Gasteiger partial charge in [0.05, 0.1) is 53.9 Å². The van der Waals surface area contributed by atoms with Gasteiger partial charge in [-0.3, -0.25) is 4.79 Å². The van der Waals surface area contributed by atoms with Crippen molar-refractivity contribution >= 4 is 11.9 Å². The second-order valence-corrected chi connectivity index (χ2v) is 14.6. The lowest BCUT2D eigenvalue weighted by molar-refractivity contribution is -0.353. The van der Waals surface area contributed by atoms with E-state index in [9.17, 15) is 15.1 Å². The van der Waals surface area contributed by atoms with Crippen molar-refractivity contribution in [1.82, 2.24) is 0 Å². The Balaban J connectivity index is 1.40. The highest BCUT2D eigenvalue weighted by atomic mass is 16.8. The van der Waals surface area contributed by atoms with Crippen LogP contribution in [0.15, 0.2) is 133 Å². The number of azide groups is 1. The van der Waals surface area contributed by atoms with Crippen molar-refractivity contribution in [2.45, 2.75) is 94.7 Å². The van der Waals surface area contributed by atoms with E-state index >= 15 is 0 Å². The van der Waals surface area contributed by atoms with Gasteiger partial charge in [0.25, 0.3) is 0 Å². The lowest BCUT2D eigenvalue weighted by atomic mass is 9.95. The van der Waals surface area contributed by atoms with Crippen molar-refractivity contribution in [1.29, 1.82) is 0 Å². The number of nitrogens with zero attached hydrogens (tertiary/aromatic N) is 3. The molecule has 334 valence electrons. The maximum Gasteiger partial charge on any atom is 0.337 e. The molecule has 0 radical (unpaired) electrons. The maximum absolute atomic E-state index is 13.8. The van der Waals surface area contributed by atoms with Crippen LogP contribution < -0.4 is 4.74 Å². The number of hydrogen-bond donors (Lipinski definition) is 0. The molecule has 2 aliphatic heterocycles. The van der Waals surface area contributed by atoms with E-state index < -0.39 is 73.3 Å². The highest BCUT2D eigenvalue weighted by molar-refractivity contribution is 5.75. The zero-order chi connectivity index (χ0) is 44.4. The van der Waals surface area contributed by atoms with Gasteiger partial charge in [-0.2, -0.15) is 0 Å². The van der Waals surface area contributed by atoms with Crippen molar-refractivity contribution in [3.63, 3.8) is 0 Å². The minimum absolute atomic E-state index is 0.00165. The molecule has 0 aromatic heterocycles. The predicted molar refractivity (Wildman–Crippen MR) is 227 cm³/mol. The fourth-order valence-corrected chi connectivity index (χ4v) is 7.25. The fourth-order valence-electron chi connectivity index (χ4n) is 7.25. The minimum atomic E-state index is -1.55. The molecule has 4 aromatic carbocycles. The van der Waals surface area contributed by atoms with Crippen molar-refractivity contribution < 1.29 is 61.7 Å². The molecule has 0 unspecified atom stereocenters. The molecule has 0 N–H and O–H groups in total. The van der Waals surface area contributed by atoms with E-state index in [-0.39, 0.29) is 39.6 Å². The number of carbonyl (C=O) groups excluding carboxylic acids is 2. The quantitative estimate of drug-likeness (QED) is 0.0265. The van der Waals surface area contributed by atoms with Gasteiger partial charge in [0, 0.05) is 11.8 Å². The molecule has 2 heterocycles. The van der Waals surface area contributed by atoms with Gasteiger partial charge in [-0.25, -0.2) is 4.79 Å². The fraction of sp³-hybridized carbons (Fsp3) is 0.404. The van der Waals surface area contributed by atoms with Crippen molar-refractivity contribution in [3.8, 4) is 5.75 Å². The highest BCUT2D eigenvalue weighted by Gasteiger charge is 2.56. The molecule has 4 aromatic rings. The zero-order valence-electron chi connectivity index (χ0n) is 35.4. The van der Waals surface area contributed by atoms with E-state index in [0.29, 0.717) is 5.75 Å². The molecule has 16 heteroatoms. The Morgan fingerprint density at radius 3 is 1.78 bits per heavy atom. The van der Waals surface area contributed by atoms with Crippen LogP contribution >= 0.6 is 0 Å². The first-order valence-corrected chi connectivity index (χ1v) is 20.5. The first kappa shape index (κ1) is 46.8. The summed E-state index contributed by atoms with van der Waals surface area (Å²) in [4.78, 5) is 30.0. The molecular weight excluding hydrogens is 815 g/mol. The molecule has 10 atom stereocenters. The Kier molecular flexibility index (Phi) is 18.0. The lowest BCUT2D eigenvalue weighted by Crippen LogP contribution is -2.66. The molecular formula is C47H53N3O13. The Labute approximate surface area is 366 Å². The van der Waals surface area contributed by atoms with Gasteiger partial charge in [0.1, 0.15) is 42.3 Å². The first-order chi connectivity index (χ1) is 30.8. The van der Waals surface area contributed by atoms with Gasteiger partial charge in [0.2, 0.25) is 0 Å². The van der Waals surface area contributed by atoms with Crippen LogP contribution in [-0.4, -0.2) is 101 Å². The second kappa shape index (κ2) is 24.3. The van der Waals surface area contributed by atoms with Gasteiger partial charge < -0.3 is 52.1 Å². The molecule has 0 bridgehead atoms. The number of benzene rings is 4. The summed E-state index contributed by atoms with van der Waals surface area (Å²) in [5.41, 5.74) is 13.1. The van der Waals surface area contributed by atoms with E-state index in [0.717, 1.165) is 22.3 Å². The van der Waals surface area contributed by atoms with E-state index in [1.807, 2.05) is 103 Å². The summed E-state index contributed by atoms with van der Waals surface area (Å²) in [6, 6.07) is 34.3. The molecule has 0 amide bonds. The van der Waals surface area contributed by atoms with E-state index in [1.54, 1.807) is 19.2 Å². The maximum atomic E-state index is 13.8. The van der Waals surface area contributed by atoms with Gasteiger partial charge in [-0.1, -0.05) is 114 Å². The van der Waals surface area contributed by atoms with Crippen LogP contribution in [0.25, 0.3) is 10.4 Å². The van der Waals surface area contributed by atoms with Crippen LogP contribution in [0.3, 0.4) is 0 Å². The molecule has 0 aliphatic carbocycles. The SMILES string of the molecule is C=CCO[C@H]1O[C@H](COCc2ccccc2)[C@@H](O[C@@H]2O[C@@H](C(=O)OC)[C@H](OCc3ccc(OC)cc3)[C@@H](OCc3ccccc3)[C@@H]2OC(C)=O)[C@H](OCc2ccccc2)[C@H]1N=[N+]=[N-]. The Bertz CT molecular complexity index is 2060. The highest BCUT2D eigenvalue weighted by Crippen LogP contribution is 2.36. The van der Waals surface area contributed by atoms with Crippen molar-refractivity contribution in [3.05, 3.63) is 161 Å². The topological polar surface area (TPSA) is 184 Å². The monoisotopic (exact) mass is 867 g/mol. The molecule has 63 heavy (non-hydrogen) atoms. The summed E-state index contributed by atoms with van der Waals surface area (Å²) in [6.45, 7) is 5.27. The normalized spacial score (nSPS) is 25.6. The van der Waals surface area contributed by atoms with E-state index in [4.69, 9.17) is 52.1 Å². The smallest absolute Gasteiger partial charge is 0.337 e. The van der Waals surface area contributed by atoms with Crippen LogP contribution in [0.4, 0.5) is 0 Å². The minimum Gasteiger partial charge on any atom is -0.497 e. The molecule has 2 aliphatic rings. The van der Waals surface area contributed by atoms with Crippen LogP contribution in [0.2, 0.25) is 0 Å². The molecule has 2 fully saturated rings. The third-order valence-corrected chi connectivity index (χ3v) is 10.3. The number of methoxy groups -OCH3 is 2. The van der Waals surface area contributed by atoms with Crippen LogP contribution in [0, 0.1) is 0 Å². The average molecular weight is 868 g/mol. The van der Waals surface area contributed by atoms with Crippen molar-refractivity contribution in [2.75, 3.05) is 27.4 Å². The summed E-state index contributed by atoms with van der Waals surface area (Å²) >= 11 is 0. The van der Waals surface area contributed by atoms with Crippen LogP contribution in [0.5, 0.6) is 5.75 Å². The Hall–Kier alpha value is -5.65. The largest absolute Gasteiger partial charge is 0.497 e.